The number of nitrogens with zero attached hydrogens (tertiary/aromatic N) is 4. The minimum absolute atomic E-state index is 0.521. The van der Waals surface area contributed by atoms with Crippen LogP contribution in [0.2, 0.25) is 0 Å². The van der Waals surface area contributed by atoms with Gasteiger partial charge in [-0.05, 0) is 12.5 Å². The molecule has 88 valence electrons. The van der Waals surface area contributed by atoms with Gasteiger partial charge in [-0.2, -0.15) is 0 Å². The van der Waals surface area contributed by atoms with Crippen LogP contribution < -0.4 is 11.1 Å². The minimum Gasteiger partial charge on any atom is -0.383 e. The lowest BCUT2D eigenvalue weighted by atomic mass is 10.2. The zero-order valence-corrected chi connectivity index (χ0v) is 9.59. The molecule has 0 aromatic carbocycles. The van der Waals surface area contributed by atoms with Crippen LogP contribution in [0.1, 0.15) is 18.2 Å². The molecule has 0 amide bonds. The first kappa shape index (κ1) is 11.3. The number of hydrogen-bond donors (Lipinski definition) is 2. The highest BCUT2D eigenvalue weighted by molar-refractivity contribution is 5.54. The zero-order valence-electron chi connectivity index (χ0n) is 9.59. The van der Waals surface area contributed by atoms with E-state index >= 15 is 0 Å². The lowest BCUT2D eigenvalue weighted by Crippen LogP contribution is -2.08. The number of aromatic nitrogens is 4. The van der Waals surface area contributed by atoms with Crippen molar-refractivity contribution >= 4 is 11.6 Å². The molecule has 0 fully saturated rings. The molecule has 0 aliphatic carbocycles. The van der Waals surface area contributed by atoms with Crippen LogP contribution in [0.3, 0.4) is 0 Å². The predicted octanol–water partition coefficient (Wildman–Crippen LogP) is 1.02. The first-order chi connectivity index (χ1) is 8.31. The summed E-state index contributed by atoms with van der Waals surface area (Å²) in [6.45, 7) is 2.61. The zero-order chi connectivity index (χ0) is 12.1. The maximum absolute atomic E-state index is 5.78. The van der Waals surface area contributed by atoms with Crippen molar-refractivity contribution in [2.24, 2.45) is 0 Å². The van der Waals surface area contributed by atoms with Crippen molar-refractivity contribution in [1.29, 1.82) is 0 Å². The lowest BCUT2D eigenvalue weighted by Gasteiger charge is -2.10. The van der Waals surface area contributed by atoms with Crippen molar-refractivity contribution in [1.82, 2.24) is 19.9 Å². The molecule has 0 aliphatic rings. The molecule has 0 bridgehead atoms. The van der Waals surface area contributed by atoms with Gasteiger partial charge in [0.15, 0.2) is 0 Å². The summed E-state index contributed by atoms with van der Waals surface area (Å²) >= 11 is 0. The van der Waals surface area contributed by atoms with Gasteiger partial charge >= 0.3 is 0 Å². The van der Waals surface area contributed by atoms with E-state index in [4.69, 9.17) is 5.73 Å². The summed E-state index contributed by atoms with van der Waals surface area (Å²) in [5.74, 6) is 1.28. The highest BCUT2D eigenvalue weighted by Crippen LogP contribution is 2.17. The topological polar surface area (TPSA) is 89.6 Å². The SMILES string of the molecule is CCc1c(N)ncnc1NCc1ccncn1. The molecule has 0 radical (unpaired) electrons. The molecule has 0 saturated carbocycles. The number of nitrogens with two attached hydrogens (primary N) is 1. The summed E-state index contributed by atoms with van der Waals surface area (Å²) in [4.78, 5) is 16.1. The Morgan fingerprint density at radius 2 is 2.12 bits per heavy atom. The van der Waals surface area contributed by atoms with Crippen molar-refractivity contribution in [2.75, 3.05) is 11.1 Å². The highest BCUT2D eigenvalue weighted by Gasteiger charge is 2.06. The fourth-order valence-corrected chi connectivity index (χ4v) is 1.52. The second kappa shape index (κ2) is 5.20. The summed E-state index contributed by atoms with van der Waals surface area (Å²) in [6.07, 6.45) is 5.47. The van der Waals surface area contributed by atoms with E-state index in [1.165, 1.54) is 12.7 Å². The molecule has 2 rings (SSSR count). The van der Waals surface area contributed by atoms with Crippen molar-refractivity contribution in [3.05, 3.63) is 36.2 Å². The molecule has 6 heteroatoms. The number of hydrogen-bond acceptors (Lipinski definition) is 6. The molecular formula is C11H14N6. The second-order valence-corrected chi connectivity index (χ2v) is 3.49. The molecule has 0 spiro atoms. The normalized spacial score (nSPS) is 10.2. The third-order valence-corrected chi connectivity index (χ3v) is 2.41. The van der Waals surface area contributed by atoms with E-state index < -0.39 is 0 Å². The van der Waals surface area contributed by atoms with E-state index in [1.807, 2.05) is 13.0 Å². The van der Waals surface area contributed by atoms with Crippen molar-refractivity contribution in [3.63, 3.8) is 0 Å². The molecule has 0 atom stereocenters. The molecule has 2 aromatic heterocycles. The Morgan fingerprint density at radius 1 is 1.24 bits per heavy atom. The summed E-state index contributed by atoms with van der Waals surface area (Å²) in [5, 5.41) is 3.20. The maximum atomic E-state index is 5.78. The van der Waals surface area contributed by atoms with Crippen LogP contribution in [0, 0.1) is 0 Å². The van der Waals surface area contributed by atoms with Crippen LogP contribution in [0.4, 0.5) is 11.6 Å². The molecule has 0 aliphatic heterocycles. The molecule has 0 unspecified atom stereocenters. The van der Waals surface area contributed by atoms with Gasteiger partial charge < -0.3 is 11.1 Å². The molecule has 6 nitrogen and oxygen atoms in total. The van der Waals surface area contributed by atoms with Gasteiger partial charge in [0.1, 0.15) is 24.3 Å². The summed E-state index contributed by atoms with van der Waals surface area (Å²) in [5.41, 5.74) is 7.62. The number of nitrogen functional groups attached to an aromatic ring is 1. The van der Waals surface area contributed by atoms with Gasteiger partial charge in [0.25, 0.3) is 0 Å². The van der Waals surface area contributed by atoms with Crippen LogP contribution in [0.25, 0.3) is 0 Å². The van der Waals surface area contributed by atoms with Gasteiger partial charge in [-0.1, -0.05) is 6.92 Å². The monoisotopic (exact) mass is 230 g/mol. The Bertz CT molecular complexity index is 485. The largest absolute Gasteiger partial charge is 0.383 e. The van der Waals surface area contributed by atoms with E-state index in [0.29, 0.717) is 12.4 Å². The Labute approximate surface area is 99.4 Å². The third kappa shape index (κ3) is 2.66. The lowest BCUT2D eigenvalue weighted by molar-refractivity contribution is 0.972. The molecule has 17 heavy (non-hydrogen) atoms. The van der Waals surface area contributed by atoms with E-state index in [-0.39, 0.29) is 0 Å². The molecule has 2 heterocycles. The van der Waals surface area contributed by atoms with Crippen molar-refractivity contribution in [3.8, 4) is 0 Å². The predicted molar refractivity (Wildman–Crippen MR) is 65.2 cm³/mol. The minimum atomic E-state index is 0.521. The fraction of sp³-hybridized carbons (Fsp3) is 0.273. The molecular weight excluding hydrogens is 216 g/mol. The van der Waals surface area contributed by atoms with Crippen molar-refractivity contribution < 1.29 is 0 Å². The number of rotatable bonds is 4. The fourth-order valence-electron chi connectivity index (χ4n) is 1.52. The summed E-state index contributed by atoms with van der Waals surface area (Å²) in [6, 6.07) is 1.85. The molecule has 0 saturated heterocycles. The second-order valence-electron chi connectivity index (χ2n) is 3.49. The van der Waals surface area contributed by atoms with Gasteiger partial charge in [0.05, 0.1) is 12.2 Å². The average molecular weight is 230 g/mol. The number of anilines is 2. The Balaban J connectivity index is 2.12. The average Bonchev–Trinajstić information content (AvgIpc) is 2.37. The van der Waals surface area contributed by atoms with Crippen LogP contribution in [0.5, 0.6) is 0 Å². The van der Waals surface area contributed by atoms with Gasteiger partial charge in [-0.25, -0.2) is 19.9 Å². The first-order valence-electron chi connectivity index (χ1n) is 5.39. The van der Waals surface area contributed by atoms with Gasteiger partial charge in [0.2, 0.25) is 0 Å². The number of nitrogens with one attached hydrogen (secondary N) is 1. The van der Waals surface area contributed by atoms with Gasteiger partial charge in [-0.3, -0.25) is 0 Å². The van der Waals surface area contributed by atoms with Crippen LogP contribution in [-0.2, 0) is 13.0 Å². The van der Waals surface area contributed by atoms with Gasteiger partial charge in [0, 0.05) is 11.8 Å². The van der Waals surface area contributed by atoms with E-state index in [1.54, 1.807) is 6.20 Å². The van der Waals surface area contributed by atoms with Crippen LogP contribution >= 0.6 is 0 Å². The maximum Gasteiger partial charge on any atom is 0.135 e. The van der Waals surface area contributed by atoms with E-state index in [2.05, 4.69) is 25.3 Å². The standard InChI is InChI=1S/C11H14N6/c1-2-9-10(12)16-7-17-11(9)14-5-8-3-4-13-6-15-8/h3-4,6-7H,2,5H2,1H3,(H3,12,14,16,17). The highest BCUT2D eigenvalue weighted by atomic mass is 15.0. The summed E-state index contributed by atoms with van der Waals surface area (Å²) in [7, 11) is 0. The van der Waals surface area contributed by atoms with Crippen molar-refractivity contribution in [2.45, 2.75) is 19.9 Å². The third-order valence-electron chi connectivity index (χ3n) is 2.41. The quantitative estimate of drug-likeness (QED) is 0.815. The summed E-state index contributed by atoms with van der Waals surface area (Å²) < 4.78 is 0. The van der Waals surface area contributed by atoms with Crippen LogP contribution in [0.15, 0.2) is 24.9 Å². The van der Waals surface area contributed by atoms with Crippen LogP contribution in [-0.4, -0.2) is 19.9 Å². The Hall–Kier alpha value is -2.24. The Kier molecular flexibility index (Phi) is 3.44. The van der Waals surface area contributed by atoms with E-state index in [0.717, 1.165) is 23.5 Å². The van der Waals surface area contributed by atoms with E-state index in [9.17, 15) is 0 Å². The molecule has 3 N–H and O–H groups in total. The van der Waals surface area contributed by atoms with Gasteiger partial charge in [-0.15, -0.1) is 0 Å². The molecule has 2 aromatic rings. The smallest absolute Gasteiger partial charge is 0.135 e. The Morgan fingerprint density at radius 3 is 2.82 bits per heavy atom. The first-order valence-corrected chi connectivity index (χ1v) is 5.39.